The Hall–Kier alpha value is -4.59. The van der Waals surface area contributed by atoms with E-state index in [4.69, 9.17) is 9.72 Å². The Morgan fingerprint density at radius 1 is 1.02 bits per heavy atom. The summed E-state index contributed by atoms with van der Waals surface area (Å²) in [7, 11) is 1.69. The molecule has 0 unspecified atom stereocenters. The highest BCUT2D eigenvalue weighted by Crippen LogP contribution is 2.41. The molecule has 3 heterocycles. The Labute approximate surface area is 244 Å². The second-order valence-corrected chi connectivity index (χ2v) is 12.0. The van der Waals surface area contributed by atoms with Crippen LogP contribution in [0.15, 0.2) is 36.4 Å². The highest BCUT2D eigenvalue weighted by atomic mass is 16.6. The van der Waals surface area contributed by atoms with E-state index in [1.165, 1.54) is 0 Å². The Morgan fingerprint density at radius 2 is 1.64 bits per heavy atom. The van der Waals surface area contributed by atoms with Crippen molar-refractivity contribution in [3.05, 3.63) is 53.2 Å². The molecule has 2 aliphatic rings. The largest absolute Gasteiger partial charge is 0.477 e. The molecule has 3 aromatic rings. The first-order valence-electron chi connectivity index (χ1n) is 14.1. The number of hydrogen-bond acceptors (Lipinski definition) is 8. The van der Waals surface area contributed by atoms with Crippen molar-refractivity contribution >= 4 is 40.4 Å². The molecule has 11 nitrogen and oxygen atoms in total. The summed E-state index contributed by atoms with van der Waals surface area (Å²) in [6.07, 6.45) is 0.629. The maximum Gasteiger partial charge on any atom is 0.410 e. The molecule has 11 heteroatoms. The number of carbonyl (C=O) groups is 3. The van der Waals surface area contributed by atoms with E-state index in [1.54, 1.807) is 29.5 Å². The summed E-state index contributed by atoms with van der Waals surface area (Å²) >= 11 is 0. The summed E-state index contributed by atoms with van der Waals surface area (Å²) in [5.74, 6) is -0.425. The Kier molecular flexibility index (Phi) is 7.58. The summed E-state index contributed by atoms with van der Waals surface area (Å²) in [6.45, 7) is 9.91. The Balaban J connectivity index is 1.37. The van der Waals surface area contributed by atoms with E-state index in [1.807, 2.05) is 51.1 Å². The first-order valence-corrected chi connectivity index (χ1v) is 14.1. The Bertz CT molecular complexity index is 1570. The van der Waals surface area contributed by atoms with Gasteiger partial charge in [0.15, 0.2) is 5.78 Å². The number of ether oxygens (including phenoxy) is 1. The SMILES string of the molecule is CC(=O)c1ccc(N2CCN(c3ccc4c(C#N)c(C(=O)O)n(C5CC(N(C)C(=O)OC(C)(C)C)C5)c4n3)CC2)cc1. The van der Waals surface area contributed by atoms with Gasteiger partial charge >= 0.3 is 12.1 Å². The maximum atomic E-state index is 12.6. The summed E-state index contributed by atoms with van der Waals surface area (Å²) in [5, 5.41) is 20.5. The van der Waals surface area contributed by atoms with Gasteiger partial charge in [-0.2, -0.15) is 5.26 Å². The number of piperazine rings is 1. The Morgan fingerprint density at radius 3 is 2.19 bits per heavy atom. The van der Waals surface area contributed by atoms with Crippen molar-refractivity contribution in [3.8, 4) is 6.07 Å². The fourth-order valence-corrected chi connectivity index (χ4v) is 5.70. The third-order valence-corrected chi connectivity index (χ3v) is 8.08. The van der Waals surface area contributed by atoms with E-state index in [9.17, 15) is 24.8 Å². The molecule has 0 spiro atoms. The van der Waals surface area contributed by atoms with E-state index in [0.29, 0.717) is 42.5 Å². The molecule has 1 aliphatic heterocycles. The minimum Gasteiger partial charge on any atom is -0.477 e. The van der Waals surface area contributed by atoms with Crippen LogP contribution in [0.4, 0.5) is 16.3 Å². The lowest BCUT2D eigenvalue weighted by molar-refractivity contribution is 0.00764. The number of ketones is 1. The van der Waals surface area contributed by atoms with E-state index >= 15 is 0 Å². The fraction of sp³-hybridized carbons (Fsp3) is 0.452. The molecule has 1 aliphatic carbocycles. The van der Waals surface area contributed by atoms with E-state index in [2.05, 4.69) is 15.9 Å². The number of pyridine rings is 1. The normalized spacial score (nSPS) is 18.8. The second-order valence-electron chi connectivity index (χ2n) is 12.0. The van der Waals surface area contributed by atoms with Gasteiger partial charge in [0.2, 0.25) is 0 Å². The molecule has 1 saturated carbocycles. The maximum absolute atomic E-state index is 12.6. The van der Waals surface area contributed by atoms with Crippen molar-refractivity contribution in [1.82, 2.24) is 14.5 Å². The number of aromatic carboxylic acids is 1. The first kappa shape index (κ1) is 28.9. The molecule has 2 fully saturated rings. The van der Waals surface area contributed by atoms with Crippen molar-refractivity contribution in [1.29, 1.82) is 5.26 Å². The van der Waals surface area contributed by atoms with Gasteiger partial charge in [-0.3, -0.25) is 4.79 Å². The van der Waals surface area contributed by atoms with Crippen LogP contribution in [0, 0.1) is 11.3 Å². The van der Waals surface area contributed by atoms with Gasteiger partial charge in [-0.25, -0.2) is 14.6 Å². The second kappa shape index (κ2) is 11.0. The number of nitrogens with zero attached hydrogens (tertiary/aromatic N) is 6. The molecule has 1 saturated heterocycles. The minimum absolute atomic E-state index is 0.0377. The first-order chi connectivity index (χ1) is 19.9. The molecule has 0 bridgehead atoms. The van der Waals surface area contributed by atoms with Crippen LogP contribution in [-0.4, -0.2) is 82.3 Å². The van der Waals surface area contributed by atoms with Crippen LogP contribution in [0.5, 0.6) is 0 Å². The predicted molar refractivity (Wildman–Crippen MR) is 158 cm³/mol. The lowest BCUT2D eigenvalue weighted by Crippen LogP contribution is -2.48. The number of amides is 1. The third kappa shape index (κ3) is 5.49. The molecular weight excluding hydrogens is 536 g/mol. The quantitative estimate of drug-likeness (QED) is 0.417. The standard InChI is InChI=1S/C31H36N6O5/c1-19(38)20-6-8-21(9-7-20)35-12-14-36(15-13-35)26-11-10-24-25(18-32)27(29(39)40)37(28(24)33-26)23-16-22(17-23)34(5)30(41)42-31(2,3)4/h6-11,22-23H,12-17H2,1-5H3,(H,39,40). The lowest BCUT2D eigenvalue weighted by Gasteiger charge is -2.42. The van der Waals surface area contributed by atoms with Crippen LogP contribution < -0.4 is 9.80 Å². The average molecular weight is 573 g/mol. The van der Waals surface area contributed by atoms with Gasteiger partial charge < -0.3 is 29.1 Å². The molecule has 1 amide bonds. The van der Waals surface area contributed by atoms with Gasteiger partial charge in [-0.15, -0.1) is 0 Å². The number of carboxylic acid groups (broad SMARTS) is 1. The number of benzene rings is 1. The molecule has 0 atom stereocenters. The summed E-state index contributed by atoms with van der Waals surface area (Å²) in [5.41, 5.74) is 1.61. The van der Waals surface area contributed by atoms with Gasteiger partial charge in [0.05, 0.1) is 5.56 Å². The number of carboxylic acids is 1. The molecule has 42 heavy (non-hydrogen) atoms. The topological polar surface area (TPSA) is 132 Å². The van der Waals surface area contributed by atoms with Crippen LogP contribution >= 0.6 is 0 Å². The van der Waals surface area contributed by atoms with Crippen molar-refractivity contribution < 1.29 is 24.2 Å². The zero-order chi connectivity index (χ0) is 30.3. The van der Waals surface area contributed by atoms with Gasteiger partial charge in [0, 0.05) is 61.9 Å². The van der Waals surface area contributed by atoms with Gasteiger partial charge in [0.1, 0.15) is 28.8 Å². The minimum atomic E-state index is -1.18. The van der Waals surface area contributed by atoms with Crippen LogP contribution in [0.3, 0.4) is 0 Å². The summed E-state index contributed by atoms with van der Waals surface area (Å²) < 4.78 is 7.17. The number of aromatic nitrogens is 2. The van der Waals surface area contributed by atoms with Gasteiger partial charge in [-0.05, 0) is 76.9 Å². The number of carbonyl (C=O) groups excluding carboxylic acids is 2. The predicted octanol–water partition coefficient (Wildman–Crippen LogP) is 4.71. The molecule has 1 aromatic carbocycles. The van der Waals surface area contributed by atoms with E-state index in [0.717, 1.165) is 24.6 Å². The number of Topliss-reactive ketones (excluding diaryl/α,β-unsaturated/α-hetero) is 1. The number of nitriles is 1. The molecule has 220 valence electrons. The molecule has 2 aromatic heterocycles. The number of fused-ring (bicyclic) bond motifs is 1. The monoisotopic (exact) mass is 572 g/mol. The van der Waals surface area contributed by atoms with Gasteiger partial charge in [-0.1, -0.05) is 0 Å². The van der Waals surface area contributed by atoms with Crippen LogP contribution in [0.25, 0.3) is 11.0 Å². The van der Waals surface area contributed by atoms with Crippen molar-refractivity contribution in [2.75, 3.05) is 43.0 Å². The van der Waals surface area contributed by atoms with Gasteiger partial charge in [0.25, 0.3) is 0 Å². The third-order valence-electron chi connectivity index (χ3n) is 8.08. The fourth-order valence-electron chi connectivity index (χ4n) is 5.70. The highest BCUT2D eigenvalue weighted by molar-refractivity contribution is 5.99. The van der Waals surface area contributed by atoms with Crippen molar-refractivity contribution in [2.24, 2.45) is 0 Å². The zero-order valence-corrected chi connectivity index (χ0v) is 24.6. The highest BCUT2D eigenvalue weighted by Gasteiger charge is 2.40. The molecular formula is C31H36N6O5. The lowest BCUT2D eigenvalue weighted by atomic mass is 9.85. The molecule has 5 rings (SSSR count). The molecule has 1 N–H and O–H groups in total. The molecule has 0 radical (unpaired) electrons. The average Bonchev–Trinajstić information content (AvgIpc) is 3.25. The van der Waals surface area contributed by atoms with Crippen molar-refractivity contribution in [2.45, 2.75) is 58.2 Å². The number of rotatable bonds is 6. The van der Waals surface area contributed by atoms with Crippen LogP contribution in [0.2, 0.25) is 0 Å². The zero-order valence-electron chi connectivity index (χ0n) is 24.6. The van der Waals surface area contributed by atoms with E-state index < -0.39 is 17.7 Å². The van der Waals surface area contributed by atoms with E-state index in [-0.39, 0.29) is 29.1 Å². The van der Waals surface area contributed by atoms with Crippen molar-refractivity contribution in [3.63, 3.8) is 0 Å². The number of hydrogen-bond donors (Lipinski definition) is 1. The van der Waals surface area contributed by atoms with Crippen LogP contribution in [0.1, 0.15) is 73.0 Å². The smallest absolute Gasteiger partial charge is 0.410 e. The number of anilines is 2. The van der Waals surface area contributed by atoms with Crippen LogP contribution in [-0.2, 0) is 4.74 Å². The summed E-state index contributed by atoms with van der Waals surface area (Å²) in [4.78, 5) is 47.5. The summed E-state index contributed by atoms with van der Waals surface area (Å²) in [6, 6.07) is 13.0.